The molecule has 0 aliphatic carbocycles. The summed E-state index contributed by atoms with van der Waals surface area (Å²) in [5.41, 5.74) is 0.295. The molecule has 2 atom stereocenters. The molecule has 1 fully saturated rings. The van der Waals surface area contributed by atoms with Crippen LogP contribution in [0.15, 0.2) is 30.9 Å². The number of amides is 2. The summed E-state index contributed by atoms with van der Waals surface area (Å²) >= 11 is 11.9. The summed E-state index contributed by atoms with van der Waals surface area (Å²) in [7, 11) is 0. The number of benzene rings is 1. The highest BCUT2D eigenvalue weighted by Crippen LogP contribution is 2.24. The minimum absolute atomic E-state index is 0.245. The van der Waals surface area contributed by atoms with Crippen molar-refractivity contribution in [2.24, 2.45) is 0 Å². The van der Waals surface area contributed by atoms with Gasteiger partial charge in [0.1, 0.15) is 12.1 Å². The lowest BCUT2D eigenvalue weighted by Gasteiger charge is -2.25. The summed E-state index contributed by atoms with van der Waals surface area (Å²) in [5, 5.41) is 12.4. The predicted octanol–water partition coefficient (Wildman–Crippen LogP) is 3.13. The molecule has 2 unspecified atom stereocenters. The zero-order valence-electron chi connectivity index (χ0n) is 14.1. The molecule has 2 N–H and O–H groups in total. The van der Waals surface area contributed by atoms with E-state index in [1.165, 1.54) is 23.1 Å². The van der Waals surface area contributed by atoms with E-state index in [1.54, 1.807) is 6.08 Å². The molecular formula is C18H20Cl2N2O4. The first kappa shape index (κ1) is 20.3. The molecule has 1 saturated heterocycles. The molecule has 0 aromatic heterocycles. The third-order valence-electron chi connectivity index (χ3n) is 4.20. The second-order valence-corrected chi connectivity index (χ2v) is 6.95. The van der Waals surface area contributed by atoms with Crippen molar-refractivity contribution < 1.29 is 19.5 Å². The predicted molar refractivity (Wildman–Crippen MR) is 99.5 cm³/mol. The molecule has 0 saturated carbocycles. The van der Waals surface area contributed by atoms with E-state index in [4.69, 9.17) is 23.2 Å². The van der Waals surface area contributed by atoms with Crippen LogP contribution in [-0.4, -0.2) is 46.4 Å². The van der Waals surface area contributed by atoms with Crippen LogP contribution in [0.5, 0.6) is 0 Å². The normalized spacial score (nSPS) is 17.6. The first-order valence-electron chi connectivity index (χ1n) is 8.24. The Morgan fingerprint density at radius 3 is 2.54 bits per heavy atom. The van der Waals surface area contributed by atoms with E-state index in [-0.39, 0.29) is 12.3 Å². The Bertz CT molecular complexity index is 703. The number of hydrogen-bond donors (Lipinski definition) is 2. The van der Waals surface area contributed by atoms with Gasteiger partial charge in [0, 0.05) is 22.2 Å². The smallest absolute Gasteiger partial charge is 0.326 e. The zero-order valence-corrected chi connectivity index (χ0v) is 15.6. The van der Waals surface area contributed by atoms with Gasteiger partial charge in [0.15, 0.2) is 0 Å². The highest BCUT2D eigenvalue weighted by Gasteiger charge is 2.36. The minimum atomic E-state index is -1.11. The lowest BCUT2D eigenvalue weighted by Crippen LogP contribution is -2.50. The molecule has 2 amide bonds. The fourth-order valence-corrected chi connectivity index (χ4v) is 3.46. The van der Waals surface area contributed by atoms with Crippen LogP contribution in [0.3, 0.4) is 0 Å². The monoisotopic (exact) mass is 398 g/mol. The van der Waals surface area contributed by atoms with Gasteiger partial charge in [-0.25, -0.2) is 4.79 Å². The van der Waals surface area contributed by atoms with Crippen LogP contribution in [0.2, 0.25) is 10.0 Å². The maximum atomic E-state index is 12.8. The van der Waals surface area contributed by atoms with Gasteiger partial charge in [0.05, 0.1) is 0 Å². The second-order valence-electron chi connectivity index (χ2n) is 6.08. The zero-order chi connectivity index (χ0) is 19.3. The maximum Gasteiger partial charge on any atom is 0.326 e. The fourth-order valence-electron chi connectivity index (χ4n) is 2.94. The van der Waals surface area contributed by atoms with Gasteiger partial charge in [-0.05, 0) is 43.9 Å². The molecule has 8 heteroatoms. The summed E-state index contributed by atoms with van der Waals surface area (Å²) in [6.07, 6.45) is 3.43. The molecule has 0 radical (unpaired) electrons. The number of carbonyl (C=O) groups is 3. The Morgan fingerprint density at radius 2 is 1.96 bits per heavy atom. The Kier molecular flexibility index (Phi) is 7.06. The van der Waals surface area contributed by atoms with E-state index >= 15 is 0 Å². The molecule has 1 aliphatic heterocycles. The van der Waals surface area contributed by atoms with Crippen molar-refractivity contribution in [3.63, 3.8) is 0 Å². The standard InChI is InChI=1S/C18H20Cl2N2O4/c1-2-3-5-14(18(25)26)21-16(23)15-6-4-7-22(15)17(24)11-8-12(19)10-13(20)9-11/h2,8-10,14-15H,1,3-7H2,(H,21,23)(H,25,26). The van der Waals surface area contributed by atoms with Crippen LogP contribution < -0.4 is 5.32 Å². The Balaban J connectivity index is 2.12. The largest absolute Gasteiger partial charge is 0.480 e. The molecule has 1 aliphatic rings. The third kappa shape index (κ3) is 4.99. The van der Waals surface area contributed by atoms with Gasteiger partial charge in [-0.15, -0.1) is 6.58 Å². The topological polar surface area (TPSA) is 86.7 Å². The number of aliphatic carboxylic acids is 1. The molecule has 1 heterocycles. The molecule has 140 valence electrons. The van der Waals surface area contributed by atoms with Crippen LogP contribution in [0.25, 0.3) is 0 Å². The van der Waals surface area contributed by atoms with Crippen LogP contribution in [0, 0.1) is 0 Å². The highest BCUT2D eigenvalue weighted by atomic mass is 35.5. The number of halogens is 2. The van der Waals surface area contributed by atoms with E-state index in [0.717, 1.165) is 0 Å². The van der Waals surface area contributed by atoms with Gasteiger partial charge in [0.25, 0.3) is 5.91 Å². The summed E-state index contributed by atoms with van der Waals surface area (Å²) in [5.74, 6) is -1.94. The summed E-state index contributed by atoms with van der Waals surface area (Å²) < 4.78 is 0. The molecule has 2 rings (SSSR count). The molecule has 0 spiro atoms. The van der Waals surface area contributed by atoms with E-state index in [9.17, 15) is 19.5 Å². The van der Waals surface area contributed by atoms with Crippen molar-refractivity contribution in [2.75, 3.05) is 6.54 Å². The summed E-state index contributed by atoms with van der Waals surface area (Å²) in [6.45, 7) is 3.96. The van der Waals surface area contributed by atoms with Crippen molar-refractivity contribution in [1.82, 2.24) is 10.2 Å². The van der Waals surface area contributed by atoms with Crippen LogP contribution in [0.4, 0.5) is 0 Å². The number of likely N-dealkylation sites (tertiary alicyclic amines) is 1. The van der Waals surface area contributed by atoms with Crippen LogP contribution in [-0.2, 0) is 9.59 Å². The van der Waals surface area contributed by atoms with Crippen molar-refractivity contribution in [2.45, 2.75) is 37.8 Å². The van der Waals surface area contributed by atoms with Gasteiger partial charge >= 0.3 is 5.97 Å². The van der Waals surface area contributed by atoms with Crippen LogP contribution in [0.1, 0.15) is 36.0 Å². The van der Waals surface area contributed by atoms with E-state index < -0.39 is 24.0 Å². The van der Waals surface area contributed by atoms with Crippen molar-refractivity contribution in [3.8, 4) is 0 Å². The van der Waals surface area contributed by atoms with E-state index in [1.807, 2.05) is 0 Å². The van der Waals surface area contributed by atoms with Crippen molar-refractivity contribution in [1.29, 1.82) is 0 Å². The second kappa shape index (κ2) is 9.05. The SMILES string of the molecule is C=CCCC(NC(=O)C1CCCN1C(=O)c1cc(Cl)cc(Cl)c1)C(=O)O. The van der Waals surface area contributed by atoms with Crippen LogP contribution >= 0.6 is 23.2 Å². The number of carboxylic acids is 1. The first-order valence-corrected chi connectivity index (χ1v) is 9.00. The number of allylic oxidation sites excluding steroid dienone is 1. The molecule has 1 aromatic carbocycles. The van der Waals surface area contributed by atoms with Crippen molar-refractivity contribution in [3.05, 3.63) is 46.5 Å². The first-order chi connectivity index (χ1) is 12.3. The van der Waals surface area contributed by atoms with E-state index in [0.29, 0.717) is 41.4 Å². The third-order valence-corrected chi connectivity index (χ3v) is 4.64. The number of nitrogens with zero attached hydrogens (tertiary/aromatic N) is 1. The van der Waals surface area contributed by atoms with Crippen molar-refractivity contribution >= 4 is 41.0 Å². The number of nitrogens with one attached hydrogen (secondary N) is 1. The Hall–Kier alpha value is -2.05. The molecular weight excluding hydrogens is 379 g/mol. The average molecular weight is 399 g/mol. The lowest BCUT2D eigenvalue weighted by molar-refractivity contribution is -0.142. The number of rotatable bonds is 7. The maximum absolute atomic E-state index is 12.8. The lowest BCUT2D eigenvalue weighted by atomic mass is 10.1. The Morgan fingerprint density at radius 1 is 1.31 bits per heavy atom. The van der Waals surface area contributed by atoms with Gasteiger partial charge in [-0.2, -0.15) is 0 Å². The average Bonchev–Trinajstić information content (AvgIpc) is 3.06. The number of carboxylic acid groups (broad SMARTS) is 1. The Labute approximate surface area is 161 Å². The quantitative estimate of drug-likeness (QED) is 0.690. The van der Waals surface area contributed by atoms with E-state index in [2.05, 4.69) is 11.9 Å². The number of hydrogen-bond acceptors (Lipinski definition) is 3. The highest BCUT2D eigenvalue weighted by molar-refractivity contribution is 6.35. The molecule has 1 aromatic rings. The summed E-state index contributed by atoms with van der Waals surface area (Å²) in [6, 6.07) is 2.77. The van der Waals surface area contributed by atoms with Gasteiger partial charge in [0.2, 0.25) is 5.91 Å². The van der Waals surface area contributed by atoms with Gasteiger partial charge < -0.3 is 15.3 Å². The minimum Gasteiger partial charge on any atom is -0.480 e. The molecule has 0 bridgehead atoms. The van der Waals surface area contributed by atoms with Gasteiger partial charge in [-0.3, -0.25) is 9.59 Å². The molecule has 6 nitrogen and oxygen atoms in total. The molecule has 26 heavy (non-hydrogen) atoms. The summed E-state index contributed by atoms with van der Waals surface area (Å²) in [4.78, 5) is 38.1. The van der Waals surface area contributed by atoms with Gasteiger partial charge in [-0.1, -0.05) is 29.3 Å². The fraction of sp³-hybridized carbons (Fsp3) is 0.389. The number of carbonyl (C=O) groups excluding carboxylic acids is 2.